The maximum Gasteiger partial charge on any atom is 0.242 e. The van der Waals surface area contributed by atoms with Crippen molar-refractivity contribution in [3.63, 3.8) is 0 Å². The maximum atomic E-state index is 12.3. The van der Waals surface area contributed by atoms with E-state index in [0.717, 1.165) is 12.1 Å². The molecule has 0 bridgehead atoms. The zero-order valence-electron chi connectivity index (χ0n) is 14.4. The summed E-state index contributed by atoms with van der Waals surface area (Å²) in [5.41, 5.74) is 3.44. The monoisotopic (exact) mass is 310 g/mol. The molecular formula is C20H26N2O. The second-order valence-corrected chi connectivity index (χ2v) is 5.97. The third-order valence-electron chi connectivity index (χ3n) is 4.50. The van der Waals surface area contributed by atoms with Gasteiger partial charge in [0.25, 0.3) is 0 Å². The van der Waals surface area contributed by atoms with Crippen LogP contribution in [0.4, 0.5) is 5.69 Å². The Morgan fingerprint density at radius 1 is 1.04 bits per heavy atom. The molecule has 2 aromatic rings. The molecule has 0 saturated heterocycles. The number of benzene rings is 2. The highest BCUT2D eigenvalue weighted by Crippen LogP contribution is 2.25. The second kappa shape index (κ2) is 7.82. The van der Waals surface area contributed by atoms with Gasteiger partial charge in [0.15, 0.2) is 0 Å². The molecule has 2 rings (SSSR count). The van der Waals surface area contributed by atoms with E-state index in [-0.39, 0.29) is 17.9 Å². The van der Waals surface area contributed by atoms with Crippen LogP contribution in [0.1, 0.15) is 20.3 Å². The molecular weight excluding hydrogens is 284 g/mol. The third-order valence-corrected chi connectivity index (χ3v) is 4.50. The number of carbonyl (C=O) groups excluding carboxylic acids is 1. The van der Waals surface area contributed by atoms with Crippen LogP contribution < -0.4 is 10.2 Å². The van der Waals surface area contributed by atoms with Crippen molar-refractivity contribution >= 4 is 11.6 Å². The van der Waals surface area contributed by atoms with E-state index < -0.39 is 0 Å². The lowest BCUT2D eigenvalue weighted by Crippen LogP contribution is -2.48. The summed E-state index contributed by atoms with van der Waals surface area (Å²) < 4.78 is 0. The SMILES string of the molecule is CCC(C)[C@@H](C(=O)NC)N(C)c1ccc(-c2ccccc2)cc1. The van der Waals surface area contributed by atoms with Gasteiger partial charge in [0, 0.05) is 19.8 Å². The van der Waals surface area contributed by atoms with E-state index in [1.54, 1.807) is 7.05 Å². The Balaban J connectivity index is 2.24. The van der Waals surface area contributed by atoms with Crippen LogP contribution in [0.3, 0.4) is 0 Å². The van der Waals surface area contributed by atoms with Crippen molar-refractivity contribution in [2.75, 3.05) is 19.0 Å². The van der Waals surface area contributed by atoms with Crippen LogP contribution >= 0.6 is 0 Å². The Kier molecular flexibility index (Phi) is 5.80. The summed E-state index contributed by atoms with van der Waals surface area (Å²) in [6, 6.07) is 18.5. The molecule has 2 atom stereocenters. The highest BCUT2D eigenvalue weighted by molar-refractivity contribution is 5.85. The van der Waals surface area contributed by atoms with Crippen LogP contribution in [0.25, 0.3) is 11.1 Å². The van der Waals surface area contributed by atoms with E-state index in [1.165, 1.54) is 11.1 Å². The van der Waals surface area contributed by atoms with E-state index in [1.807, 2.05) is 25.2 Å². The Bertz CT molecular complexity index is 622. The molecule has 0 heterocycles. The molecule has 1 N–H and O–H groups in total. The van der Waals surface area contributed by atoms with Gasteiger partial charge in [-0.2, -0.15) is 0 Å². The zero-order valence-corrected chi connectivity index (χ0v) is 14.4. The summed E-state index contributed by atoms with van der Waals surface area (Å²) in [6.45, 7) is 4.24. The highest BCUT2D eigenvalue weighted by Gasteiger charge is 2.27. The normalized spacial score (nSPS) is 13.2. The van der Waals surface area contributed by atoms with Gasteiger partial charge in [-0.15, -0.1) is 0 Å². The topological polar surface area (TPSA) is 32.3 Å². The summed E-state index contributed by atoms with van der Waals surface area (Å²) in [6.07, 6.45) is 0.963. The smallest absolute Gasteiger partial charge is 0.242 e. The fourth-order valence-electron chi connectivity index (χ4n) is 2.87. The Morgan fingerprint density at radius 2 is 1.61 bits per heavy atom. The van der Waals surface area contributed by atoms with Gasteiger partial charge in [-0.25, -0.2) is 0 Å². The first kappa shape index (κ1) is 17.1. The quantitative estimate of drug-likeness (QED) is 0.876. The standard InChI is InChI=1S/C20H26N2O/c1-5-15(2)19(20(23)21-3)22(4)18-13-11-17(12-14-18)16-9-7-6-8-10-16/h6-15,19H,5H2,1-4H3,(H,21,23)/t15?,19-/m0/s1. The van der Waals surface area contributed by atoms with Crippen LogP contribution in [0, 0.1) is 5.92 Å². The first-order chi connectivity index (χ1) is 11.1. The molecule has 3 heteroatoms. The van der Waals surface area contributed by atoms with Crippen molar-refractivity contribution in [1.82, 2.24) is 5.32 Å². The van der Waals surface area contributed by atoms with Crippen LogP contribution in [-0.4, -0.2) is 26.0 Å². The van der Waals surface area contributed by atoms with E-state index in [4.69, 9.17) is 0 Å². The lowest BCUT2D eigenvalue weighted by atomic mass is 9.96. The van der Waals surface area contributed by atoms with Crippen LogP contribution in [0.2, 0.25) is 0 Å². The van der Waals surface area contributed by atoms with Gasteiger partial charge < -0.3 is 10.2 Å². The van der Waals surface area contributed by atoms with Gasteiger partial charge in [0.05, 0.1) is 0 Å². The number of hydrogen-bond donors (Lipinski definition) is 1. The fraction of sp³-hybridized carbons (Fsp3) is 0.350. The van der Waals surface area contributed by atoms with Crippen molar-refractivity contribution in [1.29, 1.82) is 0 Å². The minimum absolute atomic E-state index is 0.0639. The van der Waals surface area contributed by atoms with Crippen molar-refractivity contribution in [3.05, 3.63) is 54.6 Å². The first-order valence-electron chi connectivity index (χ1n) is 8.18. The number of hydrogen-bond acceptors (Lipinski definition) is 2. The van der Waals surface area contributed by atoms with Crippen LogP contribution in [0.5, 0.6) is 0 Å². The van der Waals surface area contributed by atoms with E-state index in [9.17, 15) is 4.79 Å². The summed E-state index contributed by atoms with van der Waals surface area (Å²) in [4.78, 5) is 14.3. The molecule has 1 unspecified atom stereocenters. The molecule has 3 nitrogen and oxygen atoms in total. The van der Waals surface area contributed by atoms with Gasteiger partial charge in [-0.05, 0) is 29.2 Å². The molecule has 0 spiro atoms. The lowest BCUT2D eigenvalue weighted by molar-refractivity contribution is -0.122. The molecule has 0 radical (unpaired) electrons. The summed E-state index contributed by atoms with van der Waals surface area (Å²) >= 11 is 0. The Hall–Kier alpha value is -2.29. The van der Waals surface area contributed by atoms with Gasteiger partial charge in [0.2, 0.25) is 5.91 Å². The Morgan fingerprint density at radius 3 is 2.13 bits per heavy atom. The average Bonchev–Trinajstić information content (AvgIpc) is 2.62. The highest BCUT2D eigenvalue weighted by atomic mass is 16.2. The Labute approximate surface area is 139 Å². The zero-order chi connectivity index (χ0) is 16.8. The largest absolute Gasteiger partial charge is 0.362 e. The number of carbonyl (C=O) groups is 1. The summed E-state index contributed by atoms with van der Waals surface area (Å²) in [5.74, 6) is 0.350. The van der Waals surface area contributed by atoms with Crippen LogP contribution in [0.15, 0.2) is 54.6 Å². The molecule has 0 aromatic heterocycles. The van der Waals surface area contributed by atoms with E-state index >= 15 is 0 Å². The minimum Gasteiger partial charge on any atom is -0.362 e. The van der Waals surface area contributed by atoms with Crippen molar-refractivity contribution < 1.29 is 4.79 Å². The minimum atomic E-state index is -0.160. The van der Waals surface area contributed by atoms with Gasteiger partial charge in [-0.3, -0.25) is 4.79 Å². The number of amides is 1. The number of nitrogens with zero attached hydrogens (tertiary/aromatic N) is 1. The number of nitrogens with one attached hydrogen (secondary N) is 1. The number of likely N-dealkylation sites (N-methyl/N-ethyl adjacent to an activating group) is 2. The second-order valence-electron chi connectivity index (χ2n) is 5.97. The molecule has 0 fully saturated rings. The molecule has 0 aliphatic rings. The maximum absolute atomic E-state index is 12.3. The predicted octanol–water partition coefficient (Wildman–Crippen LogP) is 3.95. The fourth-order valence-corrected chi connectivity index (χ4v) is 2.87. The summed E-state index contributed by atoms with van der Waals surface area (Å²) in [5, 5.41) is 2.79. The first-order valence-corrected chi connectivity index (χ1v) is 8.18. The average molecular weight is 310 g/mol. The molecule has 0 aliphatic carbocycles. The van der Waals surface area contributed by atoms with Gasteiger partial charge >= 0.3 is 0 Å². The van der Waals surface area contributed by atoms with E-state index in [0.29, 0.717) is 0 Å². The van der Waals surface area contributed by atoms with Gasteiger partial charge in [0.1, 0.15) is 6.04 Å². The number of anilines is 1. The molecule has 23 heavy (non-hydrogen) atoms. The number of rotatable bonds is 6. The van der Waals surface area contributed by atoms with Crippen molar-refractivity contribution in [3.8, 4) is 11.1 Å². The van der Waals surface area contributed by atoms with Crippen molar-refractivity contribution in [2.45, 2.75) is 26.3 Å². The van der Waals surface area contributed by atoms with Gasteiger partial charge in [-0.1, -0.05) is 62.7 Å². The molecule has 2 aromatic carbocycles. The molecule has 0 aliphatic heterocycles. The van der Waals surface area contributed by atoms with Crippen LogP contribution in [-0.2, 0) is 4.79 Å². The predicted molar refractivity (Wildman–Crippen MR) is 97.6 cm³/mol. The van der Waals surface area contributed by atoms with E-state index in [2.05, 4.69) is 60.5 Å². The van der Waals surface area contributed by atoms with Crippen molar-refractivity contribution in [2.24, 2.45) is 5.92 Å². The third kappa shape index (κ3) is 3.92. The molecule has 0 saturated carbocycles. The lowest BCUT2D eigenvalue weighted by Gasteiger charge is -2.32. The molecule has 1 amide bonds. The molecule has 122 valence electrons. The summed E-state index contributed by atoms with van der Waals surface area (Å²) in [7, 11) is 3.69.